The van der Waals surface area contributed by atoms with Gasteiger partial charge in [0.25, 0.3) is 0 Å². The van der Waals surface area contributed by atoms with E-state index in [-0.39, 0.29) is 6.04 Å². The number of hydrogen-bond donors (Lipinski definition) is 2. The molecule has 0 aliphatic heterocycles. The Balaban J connectivity index is 2.44. The highest BCUT2D eigenvalue weighted by Crippen LogP contribution is 2.34. The molecule has 4 N–H and O–H groups in total. The first-order chi connectivity index (χ1) is 5.65. The molecule has 2 nitrogen and oxygen atoms in total. The molecule has 0 aromatic rings. The van der Waals surface area contributed by atoms with E-state index in [2.05, 4.69) is 13.8 Å². The minimum atomic E-state index is 0.229. The van der Waals surface area contributed by atoms with Gasteiger partial charge in [-0.25, -0.2) is 0 Å². The fourth-order valence-electron chi connectivity index (χ4n) is 2.50. The summed E-state index contributed by atoms with van der Waals surface area (Å²) in [5.41, 5.74) is 11.5. The molecule has 1 saturated carbocycles. The maximum atomic E-state index is 5.96. The second-order valence-electron chi connectivity index (χ2n) is 4.46. The van der Waals surface area contributed by atoms with E-state index < -0.39 is 0 Å². The zero-order valence-electron chi connectivity index (χ0n) is 8.29. The van der Waals surface area contributed by atoms with Crippen LogP contribution in [-0.2, 0) is 0 Å². The first-order valence-corrected chi connectivity index (χ1v) is 5.10. The van der Waals surface area contributed by atoms with Crippen molar-refractivity contribution in [3.63, 3.8) is 0 Å². The minimum absolute atomic E-state index is 0.229. The Morgan fingerprint density at radius 3 is 2.50 bits per heavy atom. The Bertz CT molecular complexity index is 136. The predicted octanol–water partition coefficient (Wildman–Crippen LogP) is 1.34. The fourth-order valence-corrected chi connectivity index (χ4v) is 2.50. The van der Waals surface area contributed by atoms with Gasteiger partial charge in [0.05, 0.1) is 0 Å². The SMILES string of the molecule is CC1CCC(C(N)CN)C(C)C1. The largest absolute Gasteiger partial charge is 0.329 e. The summed E-state index contributed by atoms with van der Waals surface area (Å²) in [6.07, 6.45) is 3.95. The van der Waals surface area contributed by atoms with Crippen molar-refractivity contribution in [3.8, 4) is 0 Å². The molecular formula is C10H22N2. The lowest BCUT2D eigenvalue weighted by Crippen LogP contribution is -2.42. The van der Waals surface area contributed by atoms with Gasteiger partial charge >= 0.3 is 0 Å². The van der Waals surface area contributed by atoms with Crippen molar-refractivity contribution in [2.75, 3.05) is 6.54 Å². The standard InChI is InChI=1S/C10H22N2/c1-7-3-4-9(8(2)5-7)10(12)6-11/h7-10H,3-6,11-12H2,1-2H3. The summed E-state index contributed by atoms with van der Waals surface area (Å²) in [5, 5.41) is 0. The molecule has 72 valence electrons. The number of rotatable bonds is 2. The second-order valence-corrected chi connectivity index (χ2v) is 4.46. The molecule has 1 aliphatic rings. The number of hydrogen-bond acceptors (Lipinski definition) is 2. The van der Waals surface area contributed by atoms with Gasteiger partial charge in [0.2, 0.25) is 0 Å². The third-order valence-electron chi connectivity index (χ3n) is 3.32. The average molecular weight is 170 g/mol. The van der Waals surface area contributed by atoms with Crippen molar-refractivity contribution in [1.29, 1.82) is 0 Å². The first kappa shape index (κ1) is 10.0. The second kappa shape index (κ2) is 4.24. The zero-order chi connectivity index (χ0) is 9.14. The monoisotopic (exact) mass is 170 g/mol. The molecular weight excluding hydrogens is 148 g/mol. The topological polar surface area (TPSA) is 52.0 Å². The van der Waals surface area contributed by atoms with Crippen molar-refractivity contribution >= 4 is 0 Å². The third-order valence-corrected chi connectivity index (χ3v) is 3.32. The van der Waals surface area contributed by atoms with E-state index in [9.17, 15) is 0 Å². The van der Waals surface area contributed by atoms with Crippen molar-refractivity contribution in [1.82, 2.24) is 0 Å². The van der Waals surface area contributed by atoms with Crippen molar-refractivity contribution in [2.24, 2.45) is 29.2 Å². The smallest absolute Gasteiger partial charge is 0.0194 e. The van der Waals surface area contributed by atoms with Gasteiger partial charge in [-0.3, -0.25) is 0 Å². The highest BCUT2D eigenvalue weighted by Gasteiger charge is 2.28. The van der Waals surface area contributed by atoms with Crippen molar-refractivity contribution < 1.29 is 0 Å². The summed E-state index contributed by atoms with van der Waals surface area (Å²) in [6, 6.07) is 0.229. The molecule has 0 heterocycles. The van der Waals surface area contributed by atoms with Crippen molar-refractivity contribution in [2.45, 2.75) is 39.2 Å². The van der Waals surface area contributed by atoms with Gasteiger partial charge in [0.1, 0.15) is 0 Å². The van der Waals surface area contributed by atoms with Gasteiger partial charge in [-0.05, 0) is 30.6 Å². The van der Waals surface area contributed by atoms with Crippen molar-refractivity contribution in [3.05, 3.63) is 0 Å². The van der Waals surface area contributed by atoms with Crippen LogP contribution in [0.5, 0.6) is 0 Å². The van der Waals surface area contributed by atoms with Crippen LogP contribution in [0.25, 0.3) is 0 Å². The van der Waals surface area contributed by atoms with Crippen LogP contribution in [-0.4, -0.2) is 12.6 Å². The predicted molar refractivity (Wildman–Crippen MR) is 52.7 cm³/mol. The Kier molecular flexibility index (Phi) is 3.53. The normalized spacial score (nSPS) is 39.5. The van der Waals surface area contributed by atoms with Crippen LogP contribution in [0.3, 0.4) is 0 Å². The lowest BCUT2D eigenvalue weighted by molar-refractivity contribution is 0.178. The summed E-state index contributed by atoms with van der Waals surface area (Å²) in [5.74, 6) is 2.33. The molecule has 0 saturated heterocycles. The van der Waals surface area contributed by atoms with Crippen LogP contribution in [0.4, 0.5) is 0 Å². The molecule has 12 heavy (non-hydrogen) atoms. The lowest BCUT2D eigenvalue weighted by Gasteiger charge is -2.35. The van der Waals surface area contributed by atoms with E-state index in [0.29, 0.717) is 12.5 Å². The summed E-state index contributed by atoms with van der Waals surface area (Å²) < 4.78 is 0. The van der Waals surface area contributed by atoms with Gasteiger partial charge in [-0.1, -0.05) is 20.3 Å². The maximum Gasteiger partial charge on any atom is 0.0194 e. The van der Waals surface area contributed by atoms with E-state index in [0.717, 1.165) is 11.8 Å². The van der Waals surface area contributed by atoms with E-state index in [1.807, 2.05) is 0 Å². The van der Waals surface area contributed by atoms with Crippen LogP contribution >= 0.6 is 0 Å². The average Bonchev–Trinajstić information content (AvgIpc) is 2.03. The molecule has 0 radical (unpaired) electrons. The van der Waals surface area contributed by atoms with E-state index >= 15 is 0 Å². The third kappa shape index (κ3) is 2.20. The molecule has 1 aliphatic carbocycles. The van der Waals surface area contributed by atoms with Gasteiger partial charge < -0.3 is 11.5 Å². The molecule has 0 amide bonds. The van der Waals surface area contributed by atoms with Crippen LogP contribution in [0.1, 0.15) is 33.1 Å². The highest BCUT2D eigenvalue weighted by molar-refractivity contribution is 4.83. The summed E-state index contributed by atoms with van der Waals surface area (Å²) >= 11 is 0. The van der Waals surface area contributed by atoms with Crippen LogP contribution < -0.4 is 11.5 Å². The first-order valence-electron chi connectivity index (χ1n) is 5.10. The lowest BCUT2D eigenvalue weighted by atomic mass is 9.72. The van der Waals surface area contributed by atoms with Crippen LogP contribution in [0.15, 0.2) is 0 Å². The Hall–Kier alpha value is -0.0800. The van der Waals surface area contributed by atoms with Crippen LogP contribution in [0, 0.1) is 17.8 Å². The van der Waals surface area contributed by atoms with Gasteiger partial charge in [-0.2, -0.15) is 0 Å². The van der Waals surface area contributed by atoms with E-state index in [4.69, 9.17) is 11.5 Å². The van der Waals surface area contributed by atoms with Gasteiger partial charge in [-0.15, -0.1) is 0 Å². The molecule has 0 spiro atoms. The molecule has 0 aromatic heterocycles. The molecule has 1 rings (SSSR count). The minimum Gasteiger partial charge on any atom is -0.329 e. The van der Waals surface area contributed by atoms with Gasteiger partial charge in [0, 0.05) is 12.6 Å². The molecule has 4 unspecified atom stereocenters. The summed E-state index contributed by atoms with van der Waals surface area (Å²) in [4.78, 5) is 0. The molecule has 2 heteroatoms. The highest BCUT2D eigenvalue weighted by atomic mass is 14.7. The van der Waals surface area contributed by atoms with E-state index in [1.165, 1.54) is 19.3 Å². The van der Waals surface area contributed by atoms with Gasteiger partial charge in [0.15, 0.2) is 0 Å². The molecule has 0 aromatic carbocycles. The fraction of sp³-hybridized carbons (Fsp3) is 1.00. The zero-order valence-corrected chi connectivity index (χ0v) is 8.29. The summed E-state index contributed by atoms with van der Waals surface area (Å²) in [6.45, 7) is 5.29. The Morgan fingerprint density at radius 2 is 2.00 bits per heavy atom. The number of nitrogens with two attached hydrogens (primary N) is 2. The molecule has 1 fully saturated rings. The molecule has 0 bridgehead atoms. The molecule has 4 atom stereocenters. The Labute approximate surface area is 75.7 Å². The maximum absolute atomic E-state index is 5.96. The van der Waals surface area contributed by atoms with Crippen LogP contribution in [0.2, 0.25) is 0 Å². The quantitative estimate of drug-likeness (QED) is 0.657. The summed E-state index contributed by atoms with van der Waals surface area (Å²) in [7, 11) is 0. The van der Waals surface area contributed by atoms with E-state index in [1.54, 1.807) is 0 Å². The Morgan fingerprint density at radius 1 is 1.33 bits per heavy atom.